The van der Waals surface area contributed by atoms with Crippen molar-refractivity contribution in [1.82, 2.24) is 15.1 Å². The monoisotopic (exact) mass is 313 g/mol. The van der Waals surface area contributed by atoms with Crippen LogP contribution in [0.1, 0.15) is 29.1 Å². The van der Waals surface area contributed by atoms with Crippen molar-refractivity contribution >= 4 is 27.3 Å². The first-order chi connectivity index (χ1) is 8.19. The van der Waals surface area contributed by atoms with Gasteiger partial charge in [-0.15, -0.1) is 11.3 Å². The van der Waals surface area contributed by atoms with Crippen molar-refractivity contribution < 1.29 is 0 Å². The van der Waals surface area contributed by atoms with Gasteiger partial charge in [-0.25, -0.2) is 0 Å². The molecule has 0 amide bonds. The molecule has 2 rings (SSSR count). The van der Waals surface area contributed by atoms with Crippen molar-refractivity contribution in [2.24, 2.45) is 7.05 Å². The van der Waals surface area contributed by atoms with E-state index in [0.29, 0.717) is 0 Å². The largest absolute Gasteiger partial charge is 0.307 e. The Balaban J connectivity index is 2.47. The fraction of sp³-hybridized carbons (Fsp3) is 0.417. The van der Waals surface area contributed by atoms with Gasteiger partial charge in [-0.2, -0.15) is 5.10 Å². The topological polar surface area (TPSA) is 29.9 Å². The molecular formula is C12H16BrN3S. The smallest absolute Gasteiger partial charge is 0.0853 e. The van der Waals surface area contributed by atoms with Crippen molar-refractivity contribution in [3.05, 3.63) is 38.3 Å². The zero-order chi connectivity index (χ0) is 12.4. The molecule has 0 saturated heterocycles. The molecule has 0 aromatic carbocycles. The standard InChI is InChI=1S/C12H16BrN3S/c1-4-8-5-6-17-12(8)10(14-2)11-9(13)7-15-16(11)3/h5-7,10,14H,4H2,1-3H3. The fourth-order valence-corrected chi connectivity index (χ4v) is 3.72. The first-order valence-electron chi connectivity index (χ1n) is 5.60. The summed E-state index contributed by atoms with van der Waals surface area (Å²) in [5, 5.41) is 9.82. The Labute approximate surface area is 114 Å². The summed E-state index contributed by atoms with van der Waals surface area (Å²) < 4.78 is 2.97. The lowest BCUT2D eigenvalue weighted by atomic mass is 10.1. The third kappa shape index (κ3) is 2.32. The van der Waals surface area contributed by atoms with Crippen LogP contribution in [0.4, 0.5) is 0 Å². The molecule has 2 aromatic rings. The summed E-state index contributed by atoms with van der Waals surface area (Å²) in [6.07, 6.45) is 2.91. The van der Waals surface area contributed by atoms with Crippen LogP contribution in [-0.4, -0.2) is 16.8 Å². The molecule has 0 aliphatic rings. The number of rotatable bonds is 4. The zero-order valence-electron chi connectivity index (χ0n) is 10.2. The first-order valence-corrected chi connectivity index (χ1v) is 7.27. The van der Waals surface area contributed by atoms with Gasteiger partial charge in [-0.3, -0.25) is 4.68 Å². The summed E-state index contributed by atoms with van der Waals surface area (Å²) in [6.45, 7) is 2.19. The Morgan fingerprint density at radius 3 is 2.88 bits per heavy atom. The van der Waals surface area contributed by atoms with Gasteiger partial charge in [0.2, 0.25) is 0 Å². The van der Waals surface area contributed by atoms with E-state index >= 15 is 0 Å². The van der Waals surface area contributed by atoms with Gasteiger partial charge in [-0.05, 0) is 46.4 Å². The summed E-state index contributed by atoms with van der Waals surface area (Å²) in [5.41, 5.74) is 2.58. The summed E-state index contributed by atoms with van der Waals surface area (Å²) in [4.78, 5) is 1.37. The van der Waals surface area contributed by atoms with E-state index in [-0.39, 0.29) is 6.04 Å². The average molecular weight is 314 g/mol. The van der Waals surface area contributed by atoms with Gasteiger partial charge in [0.25, 0.3) is 0 Å². The number of nitrogens with zero attached hydrogens (tertiary/aromatic N) is 2. The molecule has 1 unspecified atom stereocenters. The highest BCUT2D eigenvalue weighted by Crippen LogP contribution is 2.33. The lowest BCUT2D eigenvalue weighted by Gasteiger charge is -2.17. The van der Waals surface area contributed by atoms with E-state index < -0.39 is 0 Å². The van der Waals surface area contributed by atoms with Crippen LogP contribution in [0.15, 0.2) is 22.1 Å². The quantitative estimate of drug-likeness (QED) is 0.940. The molecule has 0 spiro atoms. The van der Waals surface area contributed by atoms with E-state index in [1.54, 1.807) is 11.3 Å². The highest BCUT2D eigenvalue weighted by molar-refractivity contribution is 9.10. The normalized spacial score (nSPS) is 12.9. The Morgan fingerprint density at radius 1 is 1.59 bits per heavy atom. The van der Waals surface area contributed by atoms with E-state index in [4.69, 9.17) is 0 Å². The second kappa shape index (κ2) is 5.33. The lowest BCUT2D eigenvalue weighted by Crippen LogP contribution is -2.21. The number of aromatic nitrogens is 2. The Bertz CT molecular complexity index is 484. The Kier molecular flexibility index (Phi) is 4.01. The van der Waals surface area contributed by atoms with Crippen LogP contribution in [0, 0.1) is 0 Å². The van der Waals surface area contributed by atoms with Crippen LogP contribution in [0.25, 0.3) is 0 Å². The molecule has 5 heteroatoms. The van der Waals surface area contributed by atoms with Crippen LogP contribution < -0.4 is 5.32 Å². The average Bonchev–Trinajstić information content (AvgIpc) is 2.91. The van der Waals surface area contributed by atoms with Crippen molar-refractivity contribution in [2.75, 3.05) is 7.05 Å². The van der Waals surface area contributed by atoms with Gasteiger partial charge in [-0.1, -0.05) is 6.92 Å². The second-order valence-electron chi connectivity index (χ2n) is 3.89. The molecule has 2 heterocycles. The summed E-state index contributed by atoms with van der Waals surface area (Å²) in [6, 6.07) is 2.40. The van der Waals surface area contributed by atoms with E-state index in [2.05, 4.69) is 44.7 Å². The molecule has 3 nitrogen and oxygen atoms in total. The molecular weight excluding hydrogens is 298 g/mol. The van der Waals surface area contributed by atoms with Crippen LogP contribution in [0.2, 0.25) is 0 Å². The lowest BCUT2D eigenvalue weighted by molar-refractivity contribution is 0.608. The highest BCUT2D eigenvalue weighted by Gasteiger charge is 2.22. The first kappa shape index (κ1) is 12.8. The fourth-order valence-electron chi connectivity index (χ4n) is 2.03. The molecule has 0 bridgehead atoms. The van der Waals surface area contributed by atoms with Gasteiger partial charge >= 0.3 is 0 Å². The van der Waals surface area contributed by atoms with Crippen molar-refractivity contribution in [2.45, 2.75) is 19.4 Å². The molecule has 2 aromatic heterocycles. The van der Waals surface area contributed by atoms with Crippen LogP contribution in [0.3, 0.4) is 0 Å². The minimum absolute atomic E-state index is 0.201. The van der Waals surface area contributed by atoms with E-state index in [1.165, 1.54) is 16.1 Å². The third-order valence-corrected chi connectivity index (χ3v) is 4.56. The molecule has 0 saturated carbocycles. The maximum absolute atomic E-state index is 4.28. The second-order valence-corrected chi connectivity index (χ2v) is 5.69. The van der Waals surface area contributed by atoms with E-state index in [0.717, 1.165) is 10.9 Å². The van der Waals surface area contributed by atoms with Gasteiger partial charge in [0.1, 0.15) is 0 Å². The van der Waals surface area contributed by atoms with Gasteiger partial charge in [0, 0.05) is 11.9 Å². The van der Waals surface area contributed by atoms with E-state index in [9.17, 15) is 0 Å². The minimum atomic E-state index is 0.201. The highest BCUT2D eigenvalue weighted by atomic mass is 79.9. The minimum Gasteiger partial charge on any atom is -0.307 e. The number of aryl methyl sites for hydroxylation is 2. The number of hydrogen-bond acceptors (Lipinski definition) is 3. The molecule has 1 N–H and O–H groups in total. The molecule has 0 aliphatic heterocycles. The van der Waals surface area contributed by atoms with Crippen LogP contribution >= 0.6 is 27.3 Å². The Hall–Kier alpha value is -0.650. The van der Waals surface area contributed by atoms with Crippen molar-refractivity contribution in [3.63, 3.8) is 0 Å². The molecule has 17 heavy (non-hydrogen) atoms. The molecule has 1 atom stereocenters. The molecule has 0 fully saturated rings. The SMILES string of the molecule is CCc1ccsc1C(NC)c1c(Br)cnn1C. The van der Waals surface area contributed by atoms with Crippen LogP contribution in [0.5, 0.6) is 0 Å². The third-order valence-electron chi connectivity index (χ3n) is 2.92. The van der Waals surface area contributed by atoms with Gasteiger partial charge < -0.3 is 5.32 Å². The van der Waals surface area contributed by atoms with Crippen LogP contribution in [-0.2, 0) is 13.5 Å². The molecule has 0 aliphatic carbocycles. The predicted octanol–water partition coefficient (Wildman–Crippen LogP) is 3.12. The van der Waals surface area contributed by atoms with Gasteiger partial charge in [0.15, 0.2) is 0 Å². The van der Waals surface area contributed by atoms with Gasteiger partial charge in [0.05, 0.1) is 22.4 Å². The Morgan fingerprint density at radius 2 is 2.35 bits per heavy atom. The number of hydrogen-bond donors (Lipinski definition) is 1. The number of thiophene rings is 1. The zero-order valence-corrected chi connectivity index (χ0v) is 12.6. The number of halogens is 1. The van der Waals surface area contributed by atoms with E-state index in [1.807, 2.05) is 25.0 Å². The number of nitrogens with one attached hydrogen (secondary N) is 1. The molecule has 92 valence electrons. The van der Waals surface area contributed by atoms with Crippen molar-refractivity contribution in [1.29, 1.82) is 0 Å². The van der Waals surface area contributed by atoms with Crippen molar-refractivity contribution in [3.8, 4) is 0 Å². The summed E-state index contributed by atoms with van der Waals surface area (Å²) >= 11 is 5.37. The maximum atomic E-state index is 4.28. The predicted molar refractivity (Wildman–Crippen MR) is 75.5 cm³/mol. The maximum Gasteiger partial charge on any atom is 0.0853 e. The summed E-state index contributed by atoms with van der Waals surface area (Å²) in [7, 11) is 3.97. The summed E-state index contributed by atoms with van der Waals surface area (Å²) in [5.74, 6) is 0. The molecule has 0 radical (unpaired) electrons.